The van der Waals surface area contributed by atoms with Gasteiger partial charge in [0.15, 0.2) is 0 Å². The summed E-state index contributed by atoms with van der Waals surface area (Å²) in [5.41, 5.74) is 5.80. The topological polar surface area (TPSA) is 90.4 Å². The van der Waals surface area contributed by atoms with Gasteiger partial charge in [0.2, 0.25) is 0 Å². The Hall–Kier alpha value is -1.10. The summed E-state index contributed by atoms with van der Waals surface area (Å²) in [7, 11) is 0. The second kappa shape index (κ2) is 7.49. The molecule has 4 aliphatic rings. The lowest BCUT2D eigenvalue weighted by atomic mass is 9.67. The summed E-state index contributed by atoms with van der Waals surface area (Å²) in [6.45, 7) is 0.950. The molecule has 5 heteroatoms. The highest BCUT2D eigenvalue weighted by Crippen LogP contribution is 2.46. The number of nitrogens with zero attached hydrogens (tertiary/aromatic N) is 1. The fraction of sp³-hybridized carbons (Fsp3) is 0.905. The Balaban J connectivity index is 1.45. The Morgan fingerprint density at radius 1 is 0.962 bits per heavy atom. The van der Waals surface area contributed by atoms with Gasteiger partial charge in [0, 0.05) is 18.5 Å². The van der Waals surface area contributed by atoms with Gasteiger partial charge < -0.3 is 10.8 Å². The Bertz CT molecular complexity index is 551. The number of aliphatic carboxylic acids is 1. The van der Waals surface area contributed by atoms with Gasteiger partial charge in [-0.25, -0.2) is 0 Å². The van der Waals surface area contributed by atoms with Crippen LogP contribution in [0.15, 0.2) is 0 Å². The molecule has 1 heterocycles. The third-order valence-corrected chi connectivity index (χ3v) is 8.15. The largest absolute Gasteiger partial charge is 0.480 e. The maximum atomic E-state index is 11.9. The van der Waals surface area contributed by atoms with Crippen molar-refractivity contribution in [1.82, 2.24) is 4.90 Å². The van der Waals surface area contributed by atoms with Gasteiger partial charge in [-0.1, -0.05) is 25.7 Å². The Kier molecular flexibility index (Phi) is 5.27. The van der Waals surface area contributed by atoms with Crippen molar-refractivity contribution >= 4 is 11.8 Å². The molecule has 4 rings (SSSR count). The lowest BCUT2D eigenvalue weighted by molar-refractivity contribution is -0.143. The quantitative estimate of drug-likeness (QED) is 0.528. The van der Waals surface area contributed by atoms with Gasteiger partial charge in [0.1, 0.15) is 6.04 Å². The van der Waals surface area contributed by atoms with Gasteiger partial charge in [-0.15, -0.1) is 0 Å². The van der Waals surface area contributed by atoms with Crippen LogP contribution in [0.1, 0.15) is 70.6 Å². The van der Waals surface area contributed by atoms with Crippen molar-refractivity contribution in [2.24, 2.45) is 35.3 Å². The van der Waals surface area contributed by atoms with E-state index in [9.17, 15) is 9.90 Å². The van der Waals surface area contributed by atoms with Crippen LogP contribution in [0.25, 0.3) is 0 Å². The normalized spacial score (nSPS) is 43.5. The molecule has 4 N–H and O–H groups in total. The SMILES string of the molecule is N=C(N)C1CCC2CC(C(=O)O)N(CC3CCC4CCCCC4C3)C2C1. The maximum absolute atomic E-state index is 11.9. The molecule has 7 unspecified atom stereocenters. The fourth-order valence-corrected chi connectivity index (χ4v) is 6.77. The van der Waals surface area contributed by atoms with Crippen molar-refractivity contribution in [3.63, 3.8) is 0 Å². The van der Waals surface area contributed by atoms with Gasteiger partial charge in [-0.2, -0.15) is 0 Å². The molecule has 0 aromatic heterocycles. The number of rotatable bonds is 4. The molecule has 0 radical (unpaired) electrons. The van der Waals surface area contributed by atoms with E-state index in [2.05, 4.69) is 4.90 Å². The van der Waals surface area contributed by atoms with E-state index < -0.39 is 5.97 Å². The van der Waals surface area contributed by atoms with Crippen LogP contribution in [0, 0.1) is 35.0 Å². The number of likely N-dealkylation sites (tertiary alicyclic amines) is 1. The number of hydrogen-bond acceptors (Lipinski definition) is 3. The predicted molar refractivity (Wildman–Crippen MR) is 102 cm³/mol. The zero-order valence-corrected chi connectivity index (χ0v) is 15.9. The predicted octanol–water partition coefficient (Wildman–Crippen LogP) is 3.47. The van der Waals surface area contributed by atoms with Crippen LogP contribution in [-0.2, 0) is 4.79 Å². The molecular formula is C21H35N3O2. The van der Waals surface area contributed by atoms with Gasteiger partial charge in [0.25, 0.3) is 0 Å². The van der Waals surface area contributed by atoms with Crippen molar-refractivity contribution in [2.75, 3.05) is 6.54 Å². The zero-order chi connectivity index (χ0) is 18.3. The van der Waals surface area contributed by atoms with Gasteiger partial charge in [-0.3, -0.25) is 15.1 Å². The van der Waals surface area contributed by atoms with Crippen molar-refractivity contribution in [3.8, 4) is 0 Å². The molecule has 3 saturated carbocycles. The first-order chi connectivity index (χ1) is 12.5. The summed E-state index contributed by atoms with van der Waals surface area (Å²) in [5, 5.41) is 17.7. The van der Waals surface area contributed by atoms with E-state index in [4.69, 9.17) is 11.1 Å². The molecule has 0 aromatic rings. The van der Waals surface area contributed by atoms with E-state index in [1.807, 2.05) is 0 Å². The molecule has 3 aliphatic carbocycles. The van der Waals surface area contributed by atoms with Crippen LogP contribution in [0.3, 0.4) is 0 Å². The third kappa shape index (κ3) is 3.51. The molecule has 0 bridgehead atoms. The fourth-order valence-electron chi connectivity index (χ4n) is 6.77. The number of carboxylic acids is 1. The molecule has 0 amide bonds. The molecule has 1 saturated heterocycles. The number of fused-ring (bicyclic) bond motifs is 2. The molecule has 0 aromatic carbocycles. The number of nitrogens with one attached hydrogen (secondary N) is 1. The van der Waals surface area contributed by atoms with Gasteiger partial charge in [-0.05, 0) is 68.6 Å². The number of carbonyl (C=O) groups is 1. The second-order valence-electron chi connectivity index (χ2n) is 9.56. The minimum atomic E-state index is -0.648. The van der Waals surface area contributed by atoms with Crippen LogP contribution in [-0.4, -0.2) is 40.4 Å². The number of amidine groups is 1. The van der Waals surface area contributed by atoms with E-state index in [0.29, 0.717) is 23.7 Å². The molecular weight excluding hydrogens is 326 g/mol. The lowest BCUT2D eigenvalue weighted by Crippen LogP contribution is -2.47. The standard InChI is InChI=1S/C21H35N3O2/c22-20(23)17-8-7-16-10-19(21(25)26)24(18(16)11-17)12-13-5-6-14-3-1-2-4-15(14)9-13/h13-19H,1-12H2,(H3,22,23)(H,25,26). The summed E-state index contributed by atoms with van der Waals surface area (Å²) in [5.74, 6) is 2.78. The second-order valence-corrected chi connectivity index (χ2v) is 9.56. The lowest BCUT2D eigenvalue weighted by Gasteiger charge is -2.43. The monoisotopic (exact) mass is 361 g/mol. The summed E-state index contributed by atoms with van der Waals surface area (Å²) < 4.78 is 0. The van der Waals surface area contributed by atoms with E-state index in [-0.39, 0.29) is 12.0 Å². The van der Waals surface area contributed by atoms with Crippen molar-refractivity contribution in [1.29, 1.82) is 5.41 Å². The summed E-state index contributed by atoms with van der Waals surface area (Å²) >= 11 is 0. The molecule has 0 spiro atoms. The molecule has 146 valence electrons. The van der Waals surface area contributed by atoms with Gasteiger partial charge in [0.05, 0.1) is 5.84 Å². The first kappa shape index (κ1) is 18.3. The Labute approximate surface area is 157 Å². The minimum Gasteiger partial charge on any atom is -0.480 e. The van der Waals surface area contributed by atoms with Crippen LogP contribution >= 0.6 is 0 Å². The summed E-state index contributed by atoms with van der Waals surface area (Å²) in [4.78, 5) is 14.3. The van der Waals surface area contributed by atoms with Crippen LogP contribution in [0.4, 0.5) is 0 Å². The average molecular weight is 362 g/mol. The minimum absolute atomic E-state index is 0.153. The smallest absolute Gasteiger partial charge is 0.320 e. The molecule has 1 aliphatic heterocycles. The van der Waals surface area contributed by atoms with Crippen molar-refractivity contribution < 1.29 is 9.90 Å². The Morgan fingerprint density at radius 3 is 2.42 bits per heavy atom. The molecule has 5 nitrogen and oxygen atoms in total. The van der Waals surface area contributed by atoms with Crippen LogP contribution < -0.4 is 5.73 Å². The van der Waals surface area contributed by atoms with E-state index >= 15 is 0 Å². The number of nitrogens with two attached hydrogens (primary N) is 1. The number of hydrogen-bond donors (Lipinski definition) is 3. The average Bonchev–Trinajstić information content (AvgIpc) is 2.99. The maximum Gasteiger partial charge on any atom is 0.320 e. The van der Waals surface area contributed by atoms with Crippen molar-refractivity contribution in [3.05, 3.63) is 0 Å². The first-order valence-electron chi connectivity index (χ1n) is 10.9. The molecule has 4 fully saturated rings. The highest BCUT2D eigenvalue weighted by Gasteiger charge is 2.48. The van der Waals surface area contributed by atoms with Crippen LogP contribution in [0.2, 0.25) is 0 Å². The van der Waals surface area contributed by atoms with Crippen LogP contribution in [0.5, 0.6) is 0 Å². The third-order valence-electron chi connectivity index (χ3n) is 8.15. The zero-order valence-electron chi connectivity index (χ0n) is 15.9. The summed E-state index contributed by atoms with van der Waals surface area (Å²) in [6.07, 6.45) is 13.2. The van der Waals surface area contributed by atoms with E-state index in [1.165, 1.54) is 44.9 Å². The first-order valence-corrected chi connectivity index (χ1v) is 10.9. The van der Waals surface area contributed by atoms with Crippen molar-refractivity contribution in [2.45, 2.75) is 82.7 Å². The Morgan fingerprint density at radius 2 is 1.69 bits per heavy atom. The molecule has 26 heavy (non-hydrogen) atoms. The van der Waals surface area contributed by atoms with E-state index in [0.717, 1.165) is 44.1 Å². The molecule has 7 atom stereocenters. The van der Waals surface area contributed by atoms with E-state index in [1.54, 1.807) is 0 Å². The summed E-state index contributed by atoms with van der Waals surface area (Å²) in [6, 6.07) is 0.00242. The highest BCUT2D eigenvalue weighted by atomic mass is 16.4. The number of carboxylic acid groups (broad SMARTS) is 1. The van der Waals surface area contributed by atoms with Gasteiger partial charge >= 0.3 is 5.97 Å². The highest BCUT2D eigenvalue weighted by molar-refractivity contribution is 5.80.